The second-order valence-corrected chi connectivity index (χ2v) is 13.9. The zero-order valence-corrected chi connectivity index (χ0v) is 19.8. The molecule has 1 aromatic heterocycles. The second kappa shape index (κ2) is 9.30. The summed E-state index contributed by atoms with van der Waals surface area (Å²) >= 11 is 13.7. The summed E-state index contributed by atoms with van der Waals surface area (Å²) in [7, 11) is -2.07. The predicted molar refractivity (Wildman–Crippen MR) is 115 cm³/mol. The highest BCUT2D eigenvalue weighted by atomic mass is 79.9. The van der Waals surface area contributed by atoms with Crippen molar-refractivity contribution in [1.29, 1.82) is 0 Å². The molecule has 0 amide bonds. The molecule has 0 aliphatic rings. The molecule has 0 saturated carbocycles. The van der Waals surface area contributed by atoms with E-state index in [1.54, 1.807) is 18.2 Å². The molecule has 0 radical (unpaired) electrons. The lowest BCUT2D eigenvalue weighted by atomic mass is 10.1. The summed E-state index contributed by atoms with van der Waals surface area (Å²) in [4.78, 5) is -0.363. The molecule has 2 aromatic rings. The molecule has 0 spiro atoms. The lowest BCUT2D eigenvalue weighted by Gasteiger charge is -2.20. The van der Waals surface area contributed by atoms with E-state index in [1.807, 2.05) is 19.6 Å². The second-order valence-electron chi connectivity index (χ2n) is 6.71. The molecule has 6 nitrogen and oxygen atoms in total. The maximum Gasteiger partial charge on any atom is 0.242 e. The molecular formula is C16H20BrCl2NO5SSi. The van der Waals surface area contributed by atoms with Crippen molar-refractivity contribution in [2.24, 2.45) is 0 Å². The summed E-state index contributed by atoms with van der Waals surface area (Å²) in [6, 6.07) is 4.86. The van der Waals surface area contributed by atoms with Crippen molar-refractivity contribution in [3.63, 3.8) is 0 Å². The number of aromatic hydroxyl groups is 1. The van der Waals surface area contributed by atoms with Crippen LogP contribution in [0.3, 0.4) is 0 Å². The Morgan fingerprint density at radius 3 is 2.63 bits per heavy atom. The van der Waals surface area contributed by atoms with Crippen molar-refractivity contribution < 1.29 is 22.7 Å². The highest BCUT2D eigenvalue weighted by Crippen LogP contribution is 2.50. The van der Waals surface area contributed by atoms with Crippen LogP contribution in [0.5, 0.6) is 11.5 Å². The smallest absolute Gasteiger partial charge is 0.242 e. The zero-order chi connectivity index (χ0) is 20.4. The molecule has 0 aliphatic carbocycles. The lowest BCUT2D eigenvalue weighted by molar-refractivity contribution is 0.438. The Bertz CT molecular complexity index is 843. The van der Waals surface area contributed by atoms with Crippen LogP contribution in [0, 0.1) is 0 Å². The quantitative estimate of drug-likeness (QED) is 0.237. The largest absolute Gasteiger partial charge is 0.539 e. The van der Waals surface area contributed by atoms with Gasteiger partial charge in [-0.2, -0.15) is 0 Å². The number of rotatable bonds is 8. The third-order valence-electron chi connectivity index (χ3n) is 3.36. The predicted octanol–water partition coefficient (Wildman–Crippen LogP) is 5.73. The molecule has 0 aliphatic heterocycles. The van der Waals surface area contributed by atoms with Gasteiger partial charge in [-0.3, -0.25) is 4.55 Å². The topological polar surface area (TPSA) is 91.9 Å². The Morgan fingerprint density at radius 2 is 2.04 bits per heavy atom. The van der Waals surface area contributed by atoms with E-state index in [9.17, 15) is 9.32 Å². The van der Waals surface area contributed by atoms with Gasteiger partial charge in [0.15, 0.2) is 17.3 Å². The van der Waals surface area contributed by atoms with Gasteiger partial charge in [-0.1, -0.05) is 39.1 Å². The van der Waals surface area contributed by atoms with Gasteiger partial charge in [-0.25, -0.2) is 8.93 Å². The van der Waals surface area contributed by atoms with Crippen molar-refractivity contribution in [3.8, 4) is 22.8 Å². The Balaban J connectivity index is 2.48. The number of furan rings is 1. The van der Waals surface area contributed by atoms with Gasteiger partial charge in [-0.15, -0.1) is 0 Å². The minimum atomic E-state index is -2.10. The van der Waals surface area contributed by atoms with Gasteiger partial charge in [0.1, 0.15) is 0 Å². The fraction of sp³-hybridized carbons (Fsp3) is 0.375. The van der Waals surface area contributed by atoms with Crippen LogP contribution in [0.1, 0.15) is 17.0 Å². The Labute approximate surface area is 179 Å². The fourth-order valence-corrected chi connectivity index (χ4v) is 4.30. The Hall–Kier alpha value is -0.553. The van der Waals surface area contributed by atoms with Gasteiger partial charge in [0, 0.05) is 17.1 Å². The van der Waals surface area contributed by atoms with Crippen LogP contribution in [-0.2, 0) is 11.3 Å². The molecule has 27 heavy (non-hydrogen) atoms. The van der Waals surface area contributed by atoms with E-state index in [0.29, 0.717) is 27.8 Å². The fourth-order valence-electron chi connectivity index (χ4n) is 2.29. The van der Waals surface area contributed by atoms with Gasteiger partial charge in [0.05, 0.1) is 9.85 Å². The summed E-state index contributed by atoms with van der Waals surface area (Å²) in [6.07, 6.45) is 0.421. The summed E-state index contributed by atoms with van der Waals surface area (Å²) in [5, 5.41) is 11.6. The third kappa shape index (κ3) is 6.21. The van der Waals surface area contributed by atoms with Crippen molar-refractivity contribution in [2.45, 2.75) is 30.9 Å². The highest BCUT2D eigenvalue weighted by molar-refractivity contribution is 9.09. The van der Waals surface area contributed by atoms with E-state index in [0.717, 1.165) is 0 Å². The summed E-state index contributed by atoms with van der Waals surface area (Å²) in [5.74, 6) is 0.632. The van der Waals surface area contributed by atoms with Crippen LogP contribution < -0.4 is 9.15 Å². The number of hydrogen-bond donors (Lipinski definition) is 3. The van der Waals surface area contributed by atoms with E-state index in [1.165, 1.54) is 0 Å². The molecule has 1 heterocycles. The van der Waals surface area contributed by atoms with Crippen LogP contribution in [0.2, 0.25) is 29.7 Å². The van der Waals surface area contributed by atoms with Gasteiger partial charge < -0.3 is 13.9 Å². The SMILES string of the molecule is C[Si](C)(C)Oc1c(C(Br)CCNS(=O)O)oc(-c2cc(Cl)ccc2Cl)c1O. The molecule has 0 fully saturated rings. The molecule has 3 N–H and O–H groups in total. The van der Waals surface area contributed by atoms with E-state index in [2.05, 4.69) is 20.7 Å². The van der Waals surface area contributed by atoms with E-state index in [-0.39, 0.29) is 28.6 Å². The number of nitrogens with one attached hydrogen (secondary N) is 1. The highest BCUT2D eigenvalue weighted by Gasteiger charge is 2.31. The van der Waals surface area contributed by atoms with Crippen molar-refractivity contribution >= 4 is 58.7 Å². The van der Waals surface area contributed by atoms with Crippen LogP contribution in [0.25, 0.3) is 11.3 Å². The van der Waals surface area contributed by atoms with Gasteiger partial charge in [0.2, 0.25) is 25.3 Å². The van der Waals surface area contributed by atoms with Crippen molar-refractivity contribution in [1.82, 2.24) is 4.72 Å². The lowest BCUT2D eigenvalue weighted by Crippen LogP contribution is -2.29. The molecular weight excluding hydrogens is 497 g/mol. The number of benzene rings is 1. The molecule has 11 heteroatoms. The van der Waals surface area contributed by atoms with Crippen molar-refractivity contribution in [3.05, 3.63) is 34.0 Å². The Kier molecular flexibility index (Phi) is 7.83. The minimum absolute atomic E-state index is 0.153. The Morgan fingerprint density at radius 1 is 1.37 bits per heavy atom. The first-order valence-electron chi connectivity index (χ1n) is 7.98. The van der Waals surface area contributed by atoms with E-state index >= 15 is 0 Å². The molecule has 1 aromatic carbocycles. The summed E-state index contributed by atoms with van der Waals surface area (Å²) in [6.45, 7) is 6.19. The number of halogens is 3. The van der Waals surface area contributed by atoms with Crippen LogP contribution in [0.4, 0.5) is 0 Å². The van der Waals surface area contributed by atoms with Crippen LogP contribution in [0.15, 0.2) is 22.6 Å². The average Bonchev–Trinajstić information content (AvgIpc) is 2.85. The first kappa shape index (κ1) is 22.7. The normalized spacial score (nSPS) is 14.2. The van der Waals surface area contributed by atoms with E-state index < -0.39 is 19.6 Å². The standard InChI is InChI=1S/C16H20BrCl2NO5SSi/c1-27(2,3)25-16-13(21)14(10-8-9(18)4-5-12(10)19)24-15(16)11(17)6-7-20-26(22)23/h4-5,8,11,20-21H,6-7H2,1-3H3,(H,22,23). The molecule has 0 saturated heterocycles. The first-order valence-corrected chi connectivity index (χ1v) is 14.2. The van der Waals surface area contributed by atoms with Crippen molar-refractivity contribution in [2.75, 3.05) is 6.54 Å². The monoisotopic (exact) mass is 515 g/mol. The molecule has 2 rings (SSSR count). The molecule has 0 bridgehead atoms. The van der Waals surface area contributed by atoms with Gasteiger partial charge >= 0.3 is 0 Å². The maximum atomic E-state index is 10.8. The first-order chi connectivity index (χ1) is 12.5. The molecule has 2 atom stereocenters. The van der Waals surface area contributed by atoms with E-state index in [4.69, 9.17) is 36.6 Å². The van der Waals surface area contributed by atoms with Gasteiger partial charge in [-0.05, 0) is 44.3 Å². The van der Waals surface area contributed by atoms with Gasteiger partial charge in [0.25, 0.3) is 0 Å². The molecule has 150 valence electrons. The molecule has 2 unspecified atom stereocenters. The van der Waals surface area contributed by atoms with Crippen LogP contribution in [-0.4, -0.2) is 28.7 Å². The summed E-state index contributed by atoms with van der Waals surface area (Å²) in [5.41, 5.74) is 0.447. The van der Waals surface area contributed by atoms with Crippen LogP contribution >= 0.6 is 39.1 Å². The zero-order valence-electron chi connectivity index (χ0n) is 14.9. The third-order valence-corrected chi connectivity index (χ3v) is 6.06. The number of alkyl halides is 1. The maximum absolute atomic E-state index is 10.8. The average molecular weight is 517 g/mol. The number of hydrogen-bond acceptors (Lipinski definition) is 4. The minimum Gasteiger partial charge on any atom is -0.539 e. The summed E-state index contributed by atoms with van der Waals surface area (Å²) < 4.78 is 34.0.